The first-order valence-electron chi connectivity index (χ1n) is 7.02. The zero-order valence-electron chi connectivity index (χ0n) is 12.5. The summed E-state index contributed by atoms with van der Waals surface area (Å²) in [5, 5.41) is 13.7. The third kappa shape index (κ3) is 3.06. The Morgan fingerprint density at radius 1 is 1.27 bits per heavy atom. The number of aromatic nitrogens is 4. The fourth-order valence-electron chi connectivity index (χ4n) is 2.34. The van der Waals surface area contributed by atoms with Gasteiger partial charge in [0.1, 0.15) is 5.69 Å². The number of amides is 1. The first-order valence-corrected chi connectivity index (χ1v) is 7.02. The van der Waals surface area contributed by atoms with E-state index >= 15 is 0 Å². The molecule has 1 aromatic carbocycles. The molecule has 0 bridgehead atoms. The van der Waals surface area contributed by atoms with Gasteiger partial charge in [-0.1, -0.05) is 12.1 Å². The molecule has 0 saturated heterocycles. The van der Waals surface area contributed by atoms with Crippen molar-refractivity contribution in [1.82, 2.24) is 20.0 Å². The molecule has 0 atom stereocenters. The van der Waals surface area contributed by atoms with E-state index in [4.69, 9.17) is 0 Å². The summed E-state index contributed by atoms with van der Waals surface area (Å²) in [6, 6.07) is 11.4. The van der Waals surface area contributed by atoms with Gasteiger partial charge in [-0.25, -0.2) is 0 Å². The molecule has 0 aliphatic carbocycles. The molecule has 6 nitrogen and oxygen atoms in total. The standard InChI is InChI=1S/C16H17N5O/c1-11-8-12(2)21(20-11)10-13-4-3-5-14(9-13)18-16(22)15-6-7-17-19-15/h3-9H,10H2,1-2H3,(H,17,19)(H,18,22). The number of rotatable bonds is 4. The van der Waals surface area contributed by atoms with E-state index < -0.39 is 0 Å². The molecule has 112 valence electrons. The van der Waals surface area contributed by atoms with E-state index in [2.05, 4.69) is 20.6 Å². The highest BCUT2D eigenvalue weighted by Crippen LogP contribution is 2.14. The minimum atomic E-state index is -0.208. The van der Waals surface area contributed by atoms with Crippen molar-refractivity contribution in [2.75, 3.05) is 5.32 Å². The van der Waals surface area contributed by atoms with Gasteiger partial charge in [0.25, 0.3) is 5.91 Å². The van der Waals surface area contributed by atoms with Crippen LogP contribution >= 0.6 is 0 Å². The van der Waals surface area contributed by atoms with Crippen molar-refractivity contribution in [3.63, 3.8) is 0 Å². The lowest BCUT2D eigenvalue weighted by atomic mass is 10.2. The monoisotopic (exact) mass is 295 g/mol. The van der Waals surface area contributed by atoms with Crippen LogP contribution in [0, 0.1) is 13.8 Å². The van der Waals surface area contributed by atoms with E-state index in [1.54, 1.807) is 12.3 Å². The lowest BCUT2D eigenvalue weighted by Crippen LogP contribution is -2.12. The number of aryl methyl sites for hydroxylation is 2. The number of nitrogens with zero attached hydrogens (tertiary/aromatic N) is 3. The summed E-state index contributed by atoms with van der Waals surface area (Å²) >= 11 is 0. The zero-order chi connectivity index (χ0) is 15.5. The maximum absolute atomic E-state index is 12.0. The quantitative estimate of drug-likeness (QED) is 0.776. The van der Waals surface area contributed by atoms with Gasteiger partial charge in [0.15, 0.2) is 0 Å². The van der Waals surface area contributed by atoms with Gasteiger partial charge >= 0.3 is 0 Å². The third-order valence-electron chi connectivity index (χ3n) is 3.37. The van der Waals surface area contributed by atoms with Gasteiger partial charge in [-0.2, -0.15) is 10.2 Å². The highest BCUT2D eigenvalue weighted by Gasteiger charge is 2.08. The summed E-state index contributed by atoms with van der Waals surface area (Å²) < 4.78 is 1.95. The molecule has 1 amide bonds. The van der Waals surface area contributed by atoms with Gasteiger partial charge in [0.2, 0.25) is 0 Å². The molecule has 2 N–H and O–H groups in total. The van der Waals surface area contributed by atoms with Crippen LogP contribution in [0.3, 0.4) is 0 Å². The molecule has 2 aromatic heterocycles. The van der Waals surface area contributed by atoms with Crippen molar-refractivity contribution >= 4 is 11.6 Å². The van der Waals surface area contributed by atoms with E-state index in [9.17, 15) is 4.79 Å². The molecule has 0 aliphatic heterocycles. The van der Waals surface area contributed by atoms with Gasteiger partial charge in [-0.3, -0.25) is 14.6 Å². The van der Waals surface area contributed by atoms with Crippen LogP contribution in [0.25, 0.3) is 0 Å². The second-order valence-electron chi connectivity index (χ2n) is 5.21. The number of carbonyl (C=O) groups excluding carboxylic acids is 1. The van der Waals surface area contributed by atoms with E-state index in [1.807, 2.05) is 48.9 Å². The summed E-state index contributed by atoms with van der Waals surface area (Å²) in [5.41, 5.74) is 4.38. The van der Waals surface area contributed by atoms with Gasteiger partial charge < -0.3 is 5.32 Å². The Labute approximate surface area is 128 Å². The molecule has 3 rings (SSSR count). The van der Waals surface area contributed by atoms with Crippen molar-refractivity contribution in [3.8, 4) is 0 Å². The largest absolute Gasteiger partial charge is 0.321 e. The fraction of sp³-hybridized carbons (Fsp3) is 0.188. The molecule has 0 saturated carbocycles. The van der Waals surface area contributed by atoms with E-state index in [0.717, 1.165) is 22.6 Å². The predicted octanol–water partition coefficient (Wildman–Crippen LogP) is 2.52. The van der Waals surface area contributed by atoms with Crippen molar-refractivity contribution in [1.29, 1.82) is 0 Å². The van der Waals surface area contributed by atoms with Crippen molar-refractivity contribution < 1.29 is 4.79 Å². The molecule has 3 aromatic rings. The number of aromatic amines is 1. The van der Waals surface area contributed by atoms with Crippen LogP contribution in [-0.4, -0.2) is 25.9 Å². The normalized spacial score (nSPS) is 10.6. The predicted molar refractivity (Wildman–Crippen MR) is 83.8 cm³/mol. The SMILES string of the molecule is Cc1cc(C)n(Cc2cccc(NC(=O)c3ccn[nH]3)c2)n1. The van der Waals surface area contributed by atoms with E-state index in [1.165, 1.54) is 0 Å². The Morgan fingerprint density at radius 3 is 2.82 bits per heavy atom. The molecular weight excluding hydrogens is 278 g/mol. The number of benzene rings is 1. The molecule has 0 fully saturated rings. The topological polar surface area (TPSA) is 75.6 Å². The van der Waals surface area contributed by atoms with Crippen LogP contribution in [0.4, 0.5) is 5.69 Å². The lowest BCUT2D eigenvalue weighted by molar-refractivity contribution is 0.102. The smallest absolute Gasteiger partial charge is 0.273 e. The highest BCUT2D eigenvalue weighted by atomic mass is 16.1. The summed E-state index contributed by atoms with van der Waals surface area (Å²) in [6.07, 6.45) is 1.55. The summed E-state index contributed by atoms with van der Waals surface area (Å²) in [6.45, 7) is 4.68. The van der Waals surface area contributed by atoms with Gasteiger partial charge in [-0.05, 0) is 43.7 Å². The number of hydrogen-bond donors (Lipinski definition) is 2. The number of hydrogen-bond acceptors (Lipinski definition) is 3. The number of carbonyl (C=O) groups is 1. The molecule has 0 unspecified atom stereocenters. The van der Waals surface area contributed by atoms with Crippen LogP contribution in [0.1, 0.15) is 27.4 Å². The first-order chi connectivity index (χ1) is 10.6. The number of anilines is 1. The Balaban J connectivity index is 1.75. The van der Waals surface area contributed by atoms with E-state index in [0.29, 0.717) is 12.2 Å². The van der Waals surface area contributed by atoms with Gasteiger partial charge in [-0.15, -0.1) is 0 Å². The van der Waals surface area contributed by atoms with Crippen LogP contribution in [0.2, 0.25) is 0 Å². The molecule has 0 aliphatic rings. The molecule has 22 heavy (non-hydrogen) atoms. The van der Waals surface area contributed by atoms with Crippen LogP contribution < -0.4 is 5.32 Å². The summed E-state index contributed by atoms with van der Waals surface area (Å²) in [4.78, 5) is 12.0. The summed E-state index contributed by atoms with van der Waals surface area (Å²) in [7, 11) is 0. The zero-order valence-corrected chi connectivity index (χ0v) is 12.5. The van der Waals surface area contributed by atoms with Crippen LogP contribution in [0.5, 0.6) is 0 Å². The van der Waals surface area contributed by atoms with Crippen LogP contribution in [0.15, 0.2) is 42.6 Å². The molecule has 0 spiro atoms. The second-order valence-corrected chi connectivity index (χ2v) is 5.21. The minimum Gasteiger partial charge on any atom is -0.321 e. The van der Waals surface area contributed by atoms with Crippen LogP contribution in [-0.2, 0) is 6.54 Å². The Bertz CT molecular complexity index is 789. The molecule has 2 heterocycles. The maximum Gasteiger partial charge on any atom is 0.273 e. The van der Waals surface area contributed by atoms with Gasteiger partial charge in [0.05, 0.1) is 12.2 Å². The van der Waals surface area contributed by atoms with Gasteiger partial charge in [0, 0.05) is 17.6 Å². The first kappa shape index (κ1) is 14.1. The average molecular weight is 295 g/mol. The van der Waals surface area contributed by atoms with E-state index in [-0.39, 0.29) is 5.91 Å². The average Bonchev–Trinajstić information content (AvgIpc) is 3.10. The Kier molecular flexibility index (Phi) is 3.74. The molecule has 6 heteroatoms. The maximum atomic E-state index is 12.0. The lowest BCUT2D eigenvalue weighted by Gasteiger charge is -2.08. The fourth-order valence-corrected chi connectivity index (χ4v) is 2.34. The molecule has 0 radical (unpaired) electrons. The van der Waals surface area contributed by atoms with Crippen molar-refractivity contribution in [2.24, 2.45) is 0 Å². The minimum absolute atomic E-state index is 0.208. The Hall–Kier alpha value is -2.89. The number of H-pyrrole nitrogens is 1. The van der Waals surface area contributed by atoms with Crippen molar-refractivity contribution in [2.45, 2.75) is 20.4 Å². The second kappa shape index (κ2) is 5.85. The molecular formula is C16H17N5O. The number of nitrogens with one attached hydrogen (secondary N) is 2. The highest BCUT2D eigenvalue weighted by molar-refractivity contribution is 6.02. The van der Waals surface area contributed by atoms with Crippen molar-refractivity contribution in [3.05, 3.63) is 65.2 Å². The summed E-state index contributed by atoms with van der Waals surface area (Å²) in [5.74, 6) is -0.208. The Morgan fingerprint density at radius 2 is 2.14 bits per heavy atom. The third-order valence-corrected chi connectivity index (χ3v) is 3.37.